The van der Waals surface area contributed by atoms with Crippen molar-refractivity contribution in [1.29, 1.82) is 0 Å². The number of terminal acetylenes is 1. The Bertz CT molecular complexity index is 317. The van der Waals surface area contributed by atoms with E-state index in [1.165, 1.54) is 5.56 Å². The smallest absolute Gasteiger partial charge is 0.0139 e. The van der Waals surface area contributed by atoms with Crippen molar-refractivity contribution < 1.29 is 0 Å². The number of benzene rings is 1. The molecule has 0 radical (unpaired) electrons. The van der Waals surface area contributed by atoms with Gasteiger partial charge in [0.25, 0.3) is 0 Å². The van der Waals surface area contributed by atoms with Crippen LogP contribution in [-0.4, -0.2) is 0 Å². The molecule has 58 valence electrons. The molecule has 0 bridgehead atoms. The SMILES string of the molecule is C#CC#CCCc1ccccc1. The Morgan fingerprint density at radius 3 is 2.58 bits per heavy atom. The lowest BCUT2D eigenvalue weighted by molar-refractivity contribution is 1.03. The highest BCUT2D eigenvalue weighted by Crippen LogP contribution is 2.00. The van der Waals surface area contributed by atoms with Crippen LogP contribution in [0, 0.1) is 24.2 Å². The van der Waals surface area contributed by atoms with E-state index in [0.29, 0.717) is 0 Å². The summed E-state index contributed by atoms with van der Waals surface area (Å²) >= 11 is 0. The summed E-state index contributed by atoms with van der Waals surface area (Å²) in [4.78, 5) is 0. The first kappa shape index (κ1) is 8.44. The van der Waals surface area contributed by atoms with Gasteiger partial charge in [-0.25, -0.2) is 0 Å². The molecule has 0 aromatic heterocycles. The third-order valence-electron chi connectivity index (χ3n) is 1.54. The molecule has 0 heteroatoms. The second-order valence-corrected chi connectivity index (χ2v) is 2.43. The van der Waals surface area contributed by atoms with Gasteiger partial charge in [-0.1, -0.05) is 36.3 Å². The van der Waals surface area contributed by atoms with Gasteiger partial charge in [-0.3, -0.25) is 0 Å². The monoisotopic (exact) mass is 154 g/mol. The summed E-state index contributed by atoms with van der Waals surface area (Å²) in [6.07, 6.45) is 6.81. The minimum atomic E-state index is 0.841. The lowest BCUT2D eigenvalue weighted by Crippen LogP contribution is -1.80. The Hall–Kier alpha value is -1.66. The van der Waals surface area contributed by atoms with Crippen molar-refractivity contribution >= 4 is 0 Å². The van der Waals surface area contributed by atoms with Crippen molar-refractivity contribution in [2.75, 3.05) is 0 Å². The van der Waals surface area contributed by atoms with Crippen molar-refractivity contribution in [1.82, 2.24) is 0 Å². The molecule has 1 aromatic carbocycles. The van der Waals surface area contributed by atoms with Gasteiger partial charge in [-0.05, 0) is 23.8 Å². The number of hydrogen-bond donors (Lipinski definition) is 0. The number of hydrogen-bond acceptors (Lipinski definition) is 0. The van der Waals surface area contributed by atoms with E-state index in [2.05, 4.69) is 29.9 Å². The maximum absolute atomic E-state index is 4.98. The van der Waals surface area contributed by atoms with E-state index in [-0.39, 0.29) is 0 Å². The molecule has 0 fully saturated rings. The molecule has 0 N–H and O–H groups in total. The zero-order chi connectivity index (χ0) is 8.65. The van der Waals surface area contributed by atoms with Crippen LogP contribution in [-0.2, 0) is 6.42 Å². The Kier molecular flexibility index (Phi) is 3.55. The summed E-state index contributed by atoms with van der Waals surface area (Å²) in [6, 6.07) is 10.3. The molecule has 0 aliphatic rings. The normalized spacial score (nSPS) is 7.92. The average Bonchev–Trinajstić information content (AvgIpc) is 2.14. The van der Waals surface area contributed by atoms with Crippen LogP contribution in [0.15, 0.2) is 30.3 Å². The topological polar surface area (TPSA) is 0 Å². The van der Waals surface area contributed by atoms with Crippen molar-refractivity contribution in [2.24, 2.45) is 0 Å². The first-order valence-corrected chi connectivity index (χ1v) is 3.91. The van der Waals surface area contributed by atoms with Crippen LogP contribution in [0.5, 0.6) is 0 Å². The number of aryl methyl sites for hydroxylation is 1. The van der Waals surface area contributed by atoms with Crippen LogP contribution < -0.4 is 0 Å². The molecule has 0 saturated heterocycles. The van der Waals surface area contributed by atoms with Crippen molar-refractivity contribution in [3.05, 3.63) is 35.9 Å². The lowest BCUT2D eigenvalue weighted by atomic mass is 10.1. The first-order valence-electron chi connectivity index (χ1n) is 3.91. The van der Waals surface area contributed by atoms with E-state index in [1.807, 2.05) is 18.2 Å². The number of rotatable bonds is 2. The Morgan fingerprint density at radius 1 is 1.17 bits per heavy atom. The zero-order valence-electron chi connectivity index (χ0n) is 6.88. The summed E-state index contributed by atoms with van der Waals surface area (Å²) in [5.74, 6) is 7.79. The molecule has 1 aromatic rings. The highest BCUT2D eigenvalue weighted by molar-refractivity contribution is 5.23. The van der Waals surface area contributed by atoms with Crippen LogP contribution in [0.1, 0.15) is 12.0 Å². The standard InChI is InChI=1S/C12H10/c1-2-3-4-6-9-12-10-7-5-8-11-12/h1,5,7-8,10-11H,6,9H2. The van der Waals surface area contributed by atoms with E-state index < -0.39 is 0 Å². The van der Waals surface area contributed by atoms with Crippen LogP contribution in [0.3, 0.4) is 0 Å². The van der Waals surface area contributed by atoms with E-state index >= 15 is 0 Å². The fourth-order valence-corrected chi connectivity index (χ4v) is 0.965. The third-order valence-corrected chi connectivity index (χ3v) is 1.54. The van der Waals surface area contributed by atoms with Gasteiger partial charge >= 0.3 is 0 Å². The molecule has 0 spiro atoms. The van der Waals surface area contributed by atoms with Crippen molar-refractivity contribution in [3.63, 3.8) is 0 Å². The largest absolute Gasteiger partial charge is 0.106 e. The minimum absolute atomic E-state index is 0.841. The van der Waals surface area contributed by atoms with Crippen LogP contribution in [0.2, 0.25) is 0 Å². The average molecular weight is 154 g/mol. The fraction of sp³-hybridized carbons (Fsp3) is 0.167. The molecule has 0 atom stereocenters. The lowest BCUT2D eigenvalue weighted by Gasteiger charge is -1.93. The molecule has 0 aliphatic heterocycles. The van der Waals surface area contributed by atoms with E-state index in [4.69, 9.17) is 6.42 Å². The Balaban J connectivity index is 2.40. The van der Waals surface area contributed by atoms with Gasteiger partial charge in [-0.15, -0.1) is 6.42 Å². The minimum Gasteiger partial charge on any atom is -0.106 e. The molecule has 12 heavy (non-hydrogen) atoms. The van der Waals surface area contributed by atoms with Crippen LogP contribution in [0.25, 0.3) is 0 Å². The third kappa shape index (κ3) is 2.95. The molecular weight excluding hydrogens is 144 g/mol. The second kappa shape index (κ2) is 5.05. The van der Waals surface area contributed by atoms with Crippen molar-refractivity contribution in [3.8, 4) is 24.2 Å². The van der Waals surface area contributed by atoms with E-state index in [0.717, 1.165) is 12.8 Å². The Morgan fingerprint density at radius 2 is 1.92 bits per heavy atom. The van der Waals surface area contributed by atoms with E-state index in [1.54, 1.807) is 0 Å². The second-order valence-electron chi connectivity index (χ2n) is 2.43. The van der Waals surface area contributed by atoms with Gasteiger partial charge in [-0.2, -0.15) is 0 Å². The maximum Gasteiger partial charge on any atom is 0.0139 e. The van der Waals surface area contributed by atoms with Crippen LogP contribution >= 0.6 is 0 Å². The summed E-state index contributed by atoms with van der Waals surface area (Å²) in [5.41, 5.74) is 1.31. The highest BCUT2D eigenvalue weighted by atomic mass is 13.9. The summed E-state index contributed by atoms with van der Waals surface area (Å²) in [6.45, 7) is 0. The van der Waals surface area contributed by atoms with Crippen molar-refractivity contribution in [2.45, 2.75) is 12.8 Å². The van der Waals surface area contributed by atoms with Gasteiger partial charge in [0.1, 0.15) is 0 Å². The van der Waals surface area contributed by atoms with Gasteiger partial charge < -0.3 is 0 Å². The highest BCUT2D eigenvalue weighted by Gasteiger charge is 1.86. The molecule has 0 heterocycles. The predicted octanol–water partition coefficient (Wildman–Crippen LogP) is 2.26. The van der Waals surface area contributed by atoms with E-state index in [9.17, 15) is 0 Å². The molecule has 1 rings (SSSR count). The quantitative estimate of drug-likeness (QED) is 0.573. The molecule has 0 amide bonds. The summed E-state index contributed by atoms with van der Waals surface area (Å²) in [5, 5.41) is 0. The molecule has 0 saturated carbocycles. The van der Waals surface area contributed by atoms with Gasteiger partial charge in [0, 0.05) is 6.42 Å². The summed E-state index contributed by atoms with van der Waals surface area (Å²) in [7, 11) is 0. The first-order chi connectivity index (χ1) is 5.93. The summed E-state index contributed by atoms with van der Waals surface area (Å²) < 4.78 is 0. The fourth-order valence-electron chi connectivity index (χ4n) is 0.965. The maximum atomic E-state index is 4.98. The molecular formula is C12H10. The van der Waals surface area contributed by atoms with Crippen LogP contribution in [0.4, 0.5) is 0 Å². The van der Waals surface area contributed by atoms with Gasteiger partial charge in [0.05, 0.1) is 0 Å². The molecule has 0 unspecified atom stereocenters. The predicted molar refractivity (Wildman–Crippen MR) is 51.4 cm³/mol. The van der Waals surface area contributed by atoms with Gasteiger partial charge in [0.15, 0.2) is 0 Å². The Labute approximate surface area is 73.6 Å². The molecule has 0 aliphatic carbocycles. The zero-order valence-corrected chi connectivity index (χ0v) is 6.88. The van der Waals surface area contributed by atoms with Gasteiger partial charge in [0.2, 0.25) is 0 Å². The molecule has 0 nitrogen and oxygen atoms in total.